The largest absolute Gasteiger partial charge is 0.507 e. The zero-order valence-corrected chi connectivity index (χ0v) is 20.3. The average molecular weight is 542 g/mol. The van der Waals surface area contributed by atoms with Gasteiger partial charge in [0.2, 0.25) is 6.29 Å². The third-order valence-electron chi connectivity index (χ3n) is 5.97. The van der Waals surface area contributed by atoms with Crippen LogP contribution in [0.25, 0.3) is 0 Å². The summed E-state index contributed by atoms with van der Waals surface area (Å²) >= 11 is 0. The maximum Gasteiger partial charge on any atom is 0.347 e. The fourth-order valence-corrected chi connectivity index (χ4v) is 3.85. The summed E-state index contributed by atoms with van der Waals surface area (Å²) in [4.78, 5) is 23.9. The van der Waals surface area contributed by atoms with Crippen molar-refractivity contribution in [2.24, 2.45) is 0 Å². The summed E-state index contributed by atoms with van der Waals surface area (Å²) in [7, 11) is 0. The maximum atomic E-state index is 12.5. The minimum atomic E-state index is -1.60. The Morgan fingerprint density at radius 3 is 2.23 bits per heavy atom. The molecular weight excluding hydrogens is 516 g/mol. The number of hydrogen-bond donors (Lipinski definition) is 6. The smallest absolute Gasteiger partial charge is 0.347 e. The van der Waals surface area contributed by atoms with Gasteiger partial charge in [0.15, 0.2) is 0 Å². The second-order valence-electron chi connectivity index (χ2n) is 8.58. The highest BCUT2D eigenvalue weighted by Crippen LogP contribution is 2.30. The van der Waals surface area contributed by atoms with Crippen LogP contribution in [0.15, 0.2) is 66.7 Å². The number of esters is 1. The highest BCUT2D eigenvalue weighted by molar-refractivity contribution is 5.97. The fourth-order valence-electron chi connectivity index (χ4n) is 3.85. The number of para-hydroxylation sites is 2. The molecule has 6 N–H and O–H groups in total. The molecule has 1 saturated heterocycles. The molecule has 4 rings (SSSR count). The van der Waals surface area contributed by atoms with E-state index in [0.29, 0.717) is 5.56 Å². The number of aromatic hydroxyl groups is 1. The predicted molar refractivity (Wildman–Crippen MR) is 132 cm³/mol. The van der Waals surface area contributed by atoms with E-state index in [2.05, 4.69) is 0 Å². The molecule has 12 heteroatoms. The van der Waals surface area contributed by atoms with Crippen LogP contribution in [0.3, 0.4) is 0 Å². The lowest BCUT2D eigenvalue weighted by molar-refractivity contribution is -0.277. The van der Waals surface area contributed by atoms with Gasteiger partial charge in [0.25, 0.3) is 0 Å². The third kappa shape index (κ3) is 6.28. The molecular formula is C27H26O12. The van der Waals surface area contributed by atoms with Gasteiger partial charge in [-0.2, -0.15) is 0 Å². The van der Waals surface area contributed by atoms with Crippen LogP contribution in [0.2, 0.25) is 0 Å². The van der Waals surface area contributed by atoms with Gasteiger partial charge in [-0.05, 0) is 30.3 Å². The first kappa shape index (κ1) is 27.8. The van der Waals surface area contributed by atoms with E-state index in [-0.39, 0.29) is 35.0 Å². The number of carboxylic acids is 1. The van der Waals surface area contributed by atoms with Gasteiger partial charge in [-0.15, -0.1) is 0 Å². The Morgan fingerprint density at radius 1 is 0.846 bits per heavy atom. The van der Waals surface area contributed by atoms with Crippen molar-refractivity contribution in [3.8, 4) is 23.0 Å². The monoisotopic (exact) mass is 542 g/mol. The van der Waals surface area contributed by atoms with E-state index in [1.165, 1.54) is 42.5 Å². The zero-order valence-electron chi connectivity index (χ0n) is 20.3. The SMILES string of the molecule is O=C(Oc1ccccc1C(=O)O)c1ccc(OCc2ccccc2OC2OC(CO)C(O)C(O)C2O)cc1O. The van der Waals surface area contributed by atoms with Gasteiger partial charge in [0.05, 0.1) is 6.61 Å². The van der Waals surface area contributed by atoms with Crippen LogP contribution in [-0.2, 0) is 11.3 Å². The van der Waals surface area contributed by atoms with Crippen LogP contribution in [-0.4, -0.2) is 79.9 Å². The maximum absolute atomic E-state index is 12.5. The molecule has 0 aliphatic carbocycles. The first-order valence-corrected chi connectivity index (χ1v) is 11.7. The quantitative estimate of drug-likeness (QED) is 0.167. The number of aliphatic hydroxyl groups excluding tert-OH is 4. The van der Waals surface area contributed by atoms with Crippen molar-refractivity contribution in [3.63, 3.8) is 0 Å². The molecule has 5 unspecified atom stereocenters. The lowest BCUT2D eigenvalue weighted by Crippen LogP contribution is -2.60. The number of carbonyl (C=O) groups is 2. The number of benzene rings is 3. The molecule has 3 aromatic carbocycles. The number of phenols is 1. The van der Waals surface area contributed by atoms with E-state index in [0.717, 1.165) is 0 Å². The summed E-state index contributed by atoms with van der Waals surface area (Å²) in [5.74, 6) is -2.48. The average Bonchev–Trinajstić information content (AvgIpc) is 2.93. The second-order valence-corrected chi connectivity index (χ2v) is 8.58. The first-order valence-electron chi connectivity index (χ1n) is 11.7. The zero-order chi connectivity index (χ0) is 28.1. The molecule has 39 heavy (non-hydrogen) atoms. The van der Waals surface area contributed by atoms with Crippen molar-refractivity contribution in [1.29, 1.82) is 0 Å². The molecule has 1 aliphatic rings. The van der Waals surface area contributed by atoms with Crippen LogP contribution in [0, 0.1) is 0 Å². The van der Waals surface area contributed by atoms with Crippen molar-refractivity contribution in [3.05, 3.63) is 83.4 Å². The van der Waals surface area contributed by atoms with Gasteiger partial charge in [0.1, 0.15) is 65.1 Å². The Morgan fingerprint density at radius 2 is 1.54 bits per heavy atom. The van der Waals surface area contributed by atoms with E-state index < -0.39 is 55.0 Å². The highest BCUT2D eigenvalue weighted by Gasteiger charge is 2.44. The number of hydrogen-bond acceptors (Lipinski definition) is 11. The van der Waals surface area contributed by atoms with Crippen molar-refractivity contribution < 1.29 is 59.2 Å². The summed E-state index contributed by atoms with van der Waals surface area (Å²) < 4.78 is 22.0. The molecule has 12 nitrogen and oxygen atoms in total. The Kier molecular flexibility index (Phi) is 8.64. The van der Waals surface area contributed by atoms with Crippen LogP contribution in [0.5, 0.6) is 23.0 Å². The van der Waals surface area contributed by atoms with Gasteiger partial charge < -0.3 is 49.6 Å². The molecule has 206 valence electrons. The normalized spacial score (nSPS) is 22.6. The molecule has 0 saturated carbocycles. The first-order chi connectivity index (χ1) is 18.7. The van der Waals surface area contributed by atoms with E-state index in [9.17, 15) is 40.2 Å². The summed E-state index contributed by atoms with van der Waals surface area (Å²) in [6.07, 6.45) is -7.24. The molecule has 1 aliphatic heterocycles. The van der Waals surface area contributed by atoms with E-state index >= 15 is 0 Å². The van der Waals surface area contributed by atoms with E-state index in [1.807, 2.05) is 0 Å². The van der Waals surface area contributed by atoms with E-state index in [1.54, 1.807) is 24.3 Å². The molecule has 0 amide bonds. The standard InChI is InChI=1S/C27H26O12/c28-12-21-22(30)23(31)24(32)27(39-21)38-19-7-3-1-5-14(19)13-36-15-9-10-16(18(29)11-15)26(35)37-20-8-4-2-6-17(20)25(33)34/h1-11,21-24,27-32H,12-13H2,(H,33,34). The number of phenolic OH excluding ortho intramolecular Hbond substituents is 1. The lowest BCUT2D eigenvalue weighted by atomic mass is 9.99. The molecule has 1 fully saturated rings. The number of aliphatic hydroxyl groups is 4. The Bertz CT molecular complexity index is 1320. The van der Waals surface area contributed by atoms with E-state index in [4.69, 9.17) is 18.9 Å². The predicted octanol–water partition coefficient (Wildman–Crippen LogP) is 1.07. The molecule has 0 bridgehead atoms. The van der Waals surface area contributed by atoms with Crippen molar-refractivity contribution >= 4 is 11.9 Å². The molecule has 3 aromatic rings. The highest BCUT2D eigenvalue weighted by atomic mass is 16.7. The van der Waals surface area contributed by atoms with Gasteiger partial charge in [-0.25, -0.2) is 9.59 Å². The molecule has 5 atom stereocenters. The number of carbonyl (C=O) groups excluding carboxylic acids is 1. The summed E-state index contributed by atoms with van der Waals surface area (Å²) in [5.41, 5.74) is 0.0616. The molecule has 0 radical (unpaired) electrons. The number of aromatic carboxylic acids is 1. The summed E-state index contributed by atoms with van der Waals surface area (Å²) in [6.45, 7) is -0.683. The molecule has 0 aromatic heterocycles. The van der Waals surface area contributed by atoms with Crippen LogP contribution < -0.4 is 14.2 Å². The minimum absolute atomic E-state index is 0.0805. The van der Waals surface area contributed by atoms with Crippen LogP contribution >= 0.6 is 0 Å². The minimum Gasteiger partial charge on any atom is -0.507 e. The number of ether oxygens (including phenoxy) is 4. The third-order valence-corrected chi connectivity index (χ3v) is 5.97. The van der Waals surface area contributed by atoms with Gasteiger partial charge in [0, 0.05) is 11.6 Å². The fraction of sp³-hybridized carbons (Fsp3) is 0.259. The van der Waals surface area contributed by atoms with Gasteiger partial charge >= 0.3 is 11.9 Å². The van der Waals surface area contributed by atoms with Crippen molar-refractivity contribution in [1.82, 2.24) is 0 Å². The Balaban J connectivity index is 1.43. The molecule has 1 heterocycles. The van der Waals surface area contributed by atoms with Crippen molar-refractivity contribution in [2.75, 3.05) is 6.61 Å². The van der Waals surface area contributed by atoms with Gasteiger partial charge in [-0.3, -0.25) is 0 Å². The molecule has 0 spiro atoms. The lowest BCUT2D eigenvalue weighted by Gasteiger charge is -2.39. The Hall–Kier alpha value is -4.20. The topological polar surface area (TPSA) is 192 Å². The summed E-state index contributed by atoms with van der Waals surface area (Å²) in [5, 5.41) is 59.2. The van der Waals surface area contributed by atoms with Crippen LogP contribution in [0.4, 0.5) is 0 Å². The van der Waals surface area contributed by atoms with Crippen LogP contribution in [0.1, 0.15) is 26.3 Å². The van der Waals surface area contributed by atoms with Gasteiger partial charge in [-0.1, -0.05) is 30.3 Å². The van der Waals surface area contributed by atoms with Crippen molar-refractivity contribution in [2.45, 2.75) is 37.3 Å². The number of carboxylic acid groups (broad SMARTS) is 1. The Labute approximate surface area is 221 Å². The second kappa shape index (κ2) is 12.1. The number of rotatable bonds is 9. The summed E-state index contributed by atoms with van der Waals surface area (Å²) in [6, 6.07) is 16.0.